The van der Waals surface area contributed by atoms with Crippen LogP contribution in [0.1, 0.15) is 19.3 Å². The number of nitrogens with one attached hydrogen (secondary N) is 1. The van der Waals surface area contributed by atoms with E-state index in [4.69, 9.17) is 6.42 Å². The first kappa shape index (κ1) is 6.15. The third-order valence-corrected chi connectivity index (χ3v) is 1.43. The van der Waals surface area contributed by atoms with Crippen LogP contribution >= 0.6 is 0 Å². The molecule has 0 aromatic rings. The van der Waals surface area contributed by atoms with Crippen molar-refractivity contribution in [1.82, 2.24) is 5.32 Å². The number of rotatable bonds is 2. The second-order valence-electron chi connectivity index (χ2n) is 2.21. The van der Waals surface area contributed by atoms with Gasteiger partial charge in [0.15, 0.2) is 0 Å². The maximum atomic E-state index is 10.3. The van der Waals surface area contributed by atoms with Crippen LogP contribution in [0.5, 0.6) is 0 Å². The van der Waals surface area contributed by atoms with Crippen molar-refractivity contribution < 1.29 is 4.79 Å². The van der Waals surface area contributed by atoms with Gasteiger partial charge >= 0.3 is 0 Å². The van der Waals surface area contributed by atoms with Gasteiger partial charge in [-0.1, -0.05) is 0 Å². The molecule has 0 aromatic heterocycles. The van der Waals surface area contributed by atoms with Crippen molar-refractivity contribution in [1.29, 1.82) is 0 Å². The van der Waals surface area contributed by atoms with Gasteiger partial charge in [-0.15, -0.1) is 12.3 Å². The molecule has 0 radical (unpaired) electrons. The molecule has 1 aliphatic rings. The lowest BCUT2D eigenvalue weighted by molar-refractivity contribution is -0.128. The van der Waals surface area contributed by atoms with Gasteiger partial charge in [-0.05, 0) is 6.42 Å². The third kappa shape index (κ3) is 1.46. The van der Waals surface area contributed by atoms with Crippen LogP contribution in [0.3, 0.4) is 0 Å². The highest BCUT2D eigenvalue weighted by Gasteiger charge is 2.23. The van der Waals surface area contributed by atoms with Crippen molar-refractivity contribution in [2.75, 3.05) is 0 Å². The van der Waals surface area contributed by atoms with Gasteiger partial charge in [-0.2, -0.15) is 0 Å². The molecule has 0 bridgehead atoms. The van der Waals surface area contributed by atoms with Crippen molar-refractivity contribution in [3.8, 4) is 12.3 Å². The molecule has 2 nitrogen and oxygen atoms in total. The number of carbonyl (C=O) groups is 1. The van der Waals surface area contributed by atoms with Crippen molar-refractivity contribution in [3.05, 3.63) is 0 Å². The van der Waals surface area contributed by atoms with Crippen LogP contribution in [0.15, 0.2) is 0 Å². The molecule has 48 valence electrons. The van der Waals surface area contributed by atoms with Gasteiger partial charge in [-0.25, -0.2) is 0 Å². The Kier molecular flexibility index (Phi) is 1.74. The summed E-state index contributed by atoms with van der Waals surface area (Å²) in [6.07, 6.45) is 7.40. The van der Waals surface area contributed by atoms with Gasteiger partial charge in [0, 0.05) is 18.9 Å². The highest BCUT2D eigenvalue weighted by atomic mass is 16.2. The normalized spacial score (nSPS) is 23.9. The molecule has 1 aliphatic heterocycles. The molecule has 1 amide bonds. The number of β-lactam (4-membered cyclic amide) rings is 1. The Hall–Kier alpha value is -0.970. The average molecular weight is 123 g/mol. The summed E-state index contributed by atoms with van der Waals surface area (Å²) in [6.45, 7) is 0. The van der Waals surface area contributed by atoms with Crippen LogP contribution in [-0.4, -0.2) is 11.9 Å². The van der Waals surface area contributed by atoms with Gasteiger partial charge in [0.05, 0.1) is 0 Å². The first-order chi connectivity index (χ1) is 4.33. The average Bonchev–Trinajstić information content (AvgIpc) is 1.78. The minimum absolute atomic E-state index is 0.150. The molecule has 0 spiro atoms. The highest BCUT2D eigenvalue weighted by molar-refractivity contribution is 5.82. The van der Waals surface area contributed by atoms with Gasteiger partial charge in [-0.3, -0.25) is 4.79 Å². The zero-order valence-electron chi connectivity index (χ0n) is 5.18. The summed E-state index contributed by atoms with van der Waals surface area (Å²) in [4.78, 5) is 10.3. The maximum Gasteiger partial charge on any atom is 0.222 e. The van der Waals surface area contributed by atoms with E-state index in [1.165, 1.54) is 0 Å². The molecule has 1 unspecified atom stereocenters. The largest absolute Gasteiger partial charge is 0.353 e. The number of hydrogen-bond donors (Lipinski definition) is 1. The fraction of sp³-hybridized carbons (Fsp3) is 0.571. The fourth-order valence-electron chi connectivity index (χ4n) is 0.862. The third-order valence-electron chi connectivity index (χ3n) is 1.43. The molecule has 0 aromatic carbocycles. The topological polar surface area (TPSA) is 29.1 Å². The summed E-state index contributed by atoms with van der Waals surface area (Å²) in [5.74, 6) is 2.68. The molecule has 1 heterocycles. The Morgan fingerprint density at radius 2 is 2.56 bits per heavy atom. The first-order valence-corrected chi connectivity index (χ1v) is 3.06. The summed E-state index contributed by atoms with van der Waals surface area (Å²) >= 11 is 0. The van der Waals surface area contributed by atoms with E-state index in [1.807, 2.05) is 0 Å². The predicted octanol–water partition coefficient (Wildman–Crippen LogP) is 0.288. The summed E-state index contributed by atoms with van der Waals surface area (Å²) in [6, 6.07) is 0.369. The van der Waals surface area contributed by atoms with Gasteiger partial charge in [0.1, 0.15) is 0 Å². The summed E-state index contributed by atoms with van der Waals surface area (Å²) in [5, 5.41) is 2.74. The zero-order valence-corrected chi connectivity index (χ0v) is 5.18. The van der Waals surface area contributed by atoms with Gasteiger partial charge in [0.25, 0.3) is 0 Å². The lowest BCUT2D eigenvalue weighted by atomic mass is 10.0. The fourth-order valence-corrected chi connectivity index (χ4v) is 0.862. The Labute approximate surface area is 54.6 Å². The van der Waals surface area contributed by atoms with Crippen LogP contribution in [0, 0.1) is 12.3 Å². The number of hydrogen-bond acceptors (Lipinski definition) is 1. The minimum Gasteiger partial charge on any atom is -0.353 e. The quantitative estimate of drug-likeness (QED) is 0.415. The van der Waals surface area contributed by atoms with Crippen molar-refractivity contribution in [2.45, 2.75) is 25.3 Å². The molecule has 1 rings (SSSR count). The predicted molar refractivity (Wildman–Crippen MR) is 34.6 cm³/mol. The molecule has 2 heteroatoms. The number of terminal acetylenes is 1. The van der Waals surface area contributed by atoms with Crippen LogP contribution in [-0.2, 0) is 4.79 Å². The van der Waals surface area contributed by atoms with Gasteiger partial charge < -0.3 is 5.32 Å². The van der Waals surface area contributed by atoms with Crippen LogP contribution < -0.4 is 5.32 Å². The van der Waals surface area contributed by atoms with Crippen LogP contribution in [0.25, 0.3) is 0 Å². The Morgan fingerprint density at radius 1 is 1.89 bits per heavy atom. The second kappa shape index (κ2) is 2.54. The van der Waals surface area contributed by atoms with Crippen molar-refractivity contribution >= 4 is 5.91 Å². The molecule has 1 saturated heterocycles. The van der Waals surface area contributed by atoms with Crippen LogP contribution in [0.2, 0.25) is 0 Å². The minimum atomic E-state index is 0.150. The van der Waals surface area contributed by atoms with Gasteiger partial charge in [0.2, 0.25) is 5.91 Å². The maximum absolute atomic E-state index is 10.3. The summed E-state index contributed by atoms with van der Waals surface area (Å²) in [7, 11) is 0. The monoisotopic (exact) mass is 123 g/mol. The van der Waals surface area contributed by atoms with E-state index in [-0.39, 0.29) is 5.91 Å². The van der Waals surface area contributed by atoms with E-state index in [0.29, 0.717) is 12.5 Å². The molecule has 0 aliphatic carbocycles. The van der Waals surface area contributed by atoms with E-state index >= 15 is 0 Å². The van der Waals surface area contributed by atoms with Crippen molar-refractivity contribution in [3.63, 3.8) is 0 Å². The van der Waals surface area contributed by atoms with E-state index in [0.717, 1.165) is 12.8 Å². The number of carbonyl (C=O) groups excluding carboxylic acids is 1. The zero-order chi connectivity index (χ0) is 6.69. The molecule has 0 saturated carbocycles. The smallest absolute Gasteiger partial charge is 0.222 e. The van der Waals surface area contributed by atoms with E-state index in [1.54, 1.807) is 0 Å². The van der Waals surface area contributed by atoms with Crippen LogP contribution in [0.4, 0.5) is 0 Å². The molecule has 1 fully saturated rings. The second-order valence-corrected chi connectivity index (χ2v) is 2.21. The highest BCUT2D eigenvalue weighted by Crippen LogP contribution is 2.09. The molecule has 9 heavy (non-hydrogen) atoms. The summed E-state index contributed by atoms with van der Waals surface area (Å²) in [5.41, 5.74) is 0. The molecular formula is C7H9NO. The standard InChI is InChI=1S/C7H9NO/c1-2-3-4-6-5-7(9)8-6/h1,6H,3-5H2,(H,8,9). The lowest BCUT2D eigenvalue weighted by Gasteiger charge is -2.25. The van der Waals surface area contributed by atoms with E-state index < -0.39 is 0 Å². The Morgan fingerprint density at radius 3 is 3.00 bits per heavy atom. The molecule has 1 atom stereocenters. The molecule has 1 N–H and O–H groups in total. The van der Waals surface area contributed by atoms with E-state index in [2.05, 4.69) is 11.2 Å². The van der Waals surface area contributed by atoms with E-state index in [9.17, 15) is 4.79 Å². The Bertz CT molecular complexity index is 149. The first-order valence-electron chi connectivity index (χ1n) is 3.06. The lowest BCUT2D eigenvalue weighted by Crippen LogP contribution is -2.48. The number of amides is 1. The Balaban J connectivity index is 2.05. The summed E-state index contributed by atoms with van der Waals surface area (Å²) < 4.78 is 0. The molecular weight excluding hydrogens is 114 g/mol. The SMILES string of the molecule is C#CCCC1CC(=O)N1. The van der Waals surface area contributed by atoms with Crippen molar-refractivity contribution in [2.24, 2.45) is 0 Å².